The Bertz CT molecular complexity index is 1260. The molecule has 0 aliphatic carbocycles. The summed E-state index contributed by atoms with van der Waals surface area (Å²) in [6, 6.07) is -0.909. The van der Waals surface area contributed by atoms with Gasteiger partial charge in [0.25, 0.3) is 0 Å². The fourth-order valence-corrected chi connectivity index (χ4v) is 10.1. The zero-order valence-electron chi connectivity index (χ0n) is 45.7. The molecule has 14 heteroatoms. The molecule has 0 aromatic rings. The van der Waals surface area contributed by atoms with Crippen LogP contribution in [0.2, 0.25) is 0 Å². The van der Waals surface area contributed by atoms with E-state index in [0.29, 0.717) is 6.42 Å². The smallest absolute Gasteiger partial charge is 0.220 e. The van der Waals surface area contributed by atoms with Gasteiger partial charge < -0.3 is 65.1 Å². The Morgan fingerprint density at radius 3 is 1.28 bits per heavy atom. The van der Waals surface area contributed by atoms with Gasteiger partial charge in [-0.25, -0.2) is 0 Å². The van der Waals surface area contributed by atoms with Crippen LogP contribution < -0.4 is 5.32 Å². The van der Waals surface area contributed by atoms with Gasteiger partial charge in [0.2, 0.25) is 5.91 Å². The number of rotatable bonds is 48. The number of unbranched alkanes of at least 4 members (excludes halogenated alkanes) is 35. The van der Waals surface area contributed by atoms with Crippen molar-refractivity contribution in [3.8, 4) is 0 Å². The van der Waals surface area contributed by atoms with Gasteiger partial charge in [0.05, 0.1) is 32.0 Å². The summed E-state index contributed by atoms with van der Waals surface area (Å²) in [6.07, 6.45) is 33.9. The summed E-state index contributed by atoms with van der Waals surface area (Å²) in [5.41, 5.74) is 0. The van der Waals surface area contributed by atoms with E-state index in [1.807, 2.05) is 6.08 Å². The highest BCUT2D eigenvalue weighted by Crippen LogP contribution is 2.30. The number of amides is 1. The van der Waals surface area contributed by atoms with Crippen molar-refractivity contribution in [2.45, 2.75) is 331 Å². The van der Waals surface area contributed by atoms with Crippen LogP contribution in [0, 0.1) is 0 Å². The molecule has 0 radical (unpaired) electrons. The second-order valence-corrected chi connectivity index (χ2v) is 21.5. The Balaban J connectivity index is 1.77. The molecular formula is C58H111NO13. The van der Waals surface area contributed by atoms with Crippen molar-refractivity contribution < 1.29 is 64.6 Å². The first-order valence-corrected chi connectivity index (χ1v) is 29.9. The maximum Gasteiger partial charge on any atom is 0.220 e. The predicted octanol–water partition coefficient (Wildman–Crippen LogP) is 9.89. The lowest BCUT2D eigenvalue weighted by Gasteiger charge is -2.46. The van der Waals surface area contributed by atoms with Gasteiger partial charge in [-0.1, -0.05) is 244 Å². The van der Waals surface area contributed by atoms with Crippen molar-refractivity contribution in [3.05, 3.63) is 12.2 Å². The van der Waals surface area contributed by atoms with Gasteiger partial charge in [-0.3, -0.25) is 4.79 Å². The summed E-state index contributed by atoms with van der Waals surface area (Å²) < 4.78 is 22.8. The van der Waals surface area contributed by atoms with Gasteiger partial charge >= 0.3 is 0 Å². The van der Waals surface area contributed by atoms with Gasteiger partial charge in [-0.15, -0.1) is 0 Å². The monoisotopic (exact) mass is 1030 g/mol. The van der Waals surface area contributed by atoms with E-state index in [1.54, 1.807) is 6.08 Å². The second-order valence-electron chi connectivity index (χ2n) is 21.5. The van der Waals surface area contributed by atoms with E-state index in [-0.39, 0.29) is 18.9 Å². The molecule has 9 N–H and O–H groups in total. The molecule has 2 heterocycles. The molecule has 0 aromatic heterocycles. The molecule has 1 amide bonds. The van der Waals surface area contributed by atoms with Crippen LogP contribution in [0.3, 0.4) is 0 Å². The second kappa shape index (κ2) is 44.8. The number of hydrogen-bond acceptors (Lipinski definition) is 13. The fraction of sp³-hybridized carbons (Fsp3) is 0.948. The van der Waals surface area contributed by atoms with Crippen LogP contribution in [0.5, 0.6) is 0 Å². The van der Waals surface area contributed by atoms with Crippen molar-refractivity contribution in [1.82, 2.24) is 5.32 Å². The van der Waals surface area contributed by atoms with E-state index in [4.69, 9.17) is 18.9 Å². The van der Waals surface area contributed by atoms with Crippen LogP contribution in [0.15, 0.2) is 12.2 Å². The quantitative estimate of drug-likeness (QED) is 0.0205. The third-order valence-electron chi connectivity index (χ3n) is 15.0. The Morgan fingerprint density at radius 1 is 0.486 bits per heavy atom. The van der Waals surface area contributed by atoms with Gasteiger partial charge in [-0.2, -0.15) is 0 Å². The Morgan fingerprint density at radius 2 is 0.861 bits per heavy atom. The summed E-state index contributed by atoms with van der Waals surface area (Å²) >= 11 is 0. The number of ether oxygens (including phenoxy) is 4. The van der Waals surface area contributed by atoms with Crippen LogP contribution >= 0.6 is 0 Å². The number of hydrogen-bond donors (Lipinski definition) is 9. The van der Waals surface area contributed by atoms with E-state index in [0.717, 1.165) is 38.5 Å². The average Bonchev–Trinajstić information content (AvgIpc) is 3.38. The van der Waals surface area contributed by atoms with Crippen molar-refractivity contribution in [1.29, 1.82) is 0 Å². The molecule has 2 aliphatic heterocycles. The molecule has 12 unspecified atom stereocenters. The number of carbonyl (C=O) groups is 1. The number of carbonyl (C=O) groups excluding carboxylic acids is 1. The maximum atomic E-state index is 13.2. The highest BCUT2D eigenvalue weighted by molar-refractivity contribution is 5.76. The van der Waals surface area contributed by atoms with E-state index in [1.165, 1.54) is 193 Å². The van der Waals surface area contributed by atoms with Gasteiger partial charge in [-0.05, 0) is 19.3 Å². The van der Waals surface area contributed by atoms with E-state index < -0.39 is 86.8 Å². The molecule has 0 saturated carbocycles. The number of aliphatic hydroxyl groups is 8. The summed E-state index contributed by atoms with van der Waals surface area (Å²) in [7, 11) is 0. The topological polar surface area (TPSA) is 228 Å². The van der Waals surface area contributed by atoms with Crippen molar-refractivity contribution in [2.75, 3.05) is 19.8 Å². The normalized spacial score (nSPS) is 25.6. The van der Waals surface area contributed by atoms with Crippen molar-refractivity contribution in [3.63, 3.8) is 0 Å². The van der Waals surface area contributed by atoms with Gasteiger partial charge in [0, 0.05) is 6.42 Å². The van der Waals surface area contributed by atoms with Crippen LogP contribution in [-0.2, 0) is 23.7 Å². The minimum Gasteiger partial charge on any atom is -0.394 e. The Hall–Kier alpha value is -1.27. The maximum absolute atomic E-state index is 13.2. The number of aliphatic hydroxyl groups excluding tert-OH is 8. The fourth-order valence-electron chi connectivity index (χ4n) is 10.1. The summed E-state index contributed by atoms with van der Waals surface area (Å²) in [5.74, 6) is -0.234. The van der Waals surface area contributed by atoms with Crippen LogP contribution in [0.4, 0.5) is 0 Å². The molecule has 0 spiro atoms. The molecule has 2 fully saturated rings. The molecule has 0 bridgehead atoms. The molecule has 12 atom stereocenters. The summed E-state index contributed by atoms with van der Waals surface area (Å²) in [5, 5.41) is 87.1. The predicted molar refractivity (Wildman–Crippen MR) is 286 cm³/mol. The molecule has 426 valence electrons. The van der Waals surface area contributed by atoms with Crippen molar-refractivity contribution in [2.24, 2.45) is 0 Å². The third-order valence-corrected chi connectivity index (χ3v) is 15.0. The highest BCUT2D eigenvalue weighted by Gasteiger charge is 2.51. The standard InChI is InChI=1S/C58H111NO13/c1-3-5-7-9-11-13-15-17-19-21-23-25-27-29-31-33-35-37-39-41-47(62)46(59-50(63)42-40-38-36-34-32-30-28-26-24-22-20-18-16-14-12-10-8-6-4-2)45-69-57-55(68)53(66)56(49(44-61)71-57)72-58-54(67)52(65)51(64)48(43-60)70-58/h39,41,46-49,51-58,60-62,64-68H,3-38,40,42-45H2,1-2H3,(H,59,63)/b41-39+. The lowest BCUT2D eigenvalue weighted by Crippen LogP contribution is -2.65. The molecule has 72 heavy (non-hydrogen) atoms. The molecule has 14 nitrogen and oxygen atoms in total. The summed E-state index contributed by atoms with van der Waals surface area (Å²) in [6.45, 7) is 2.83. The van der Waals surface area contributed by atoms with E-state index in [2.05, 4.69) is 19.2 Å². The zero-order chi connectivity index (χ0) is 52.4. The van der Waals surface area contributed by atoms with Gasteiger partial charge in [0.1, 0.15) is 48.8 Å². The van der Waals surface area contributed by atoms with Crippen LogP contribution in [-0.4, -0.2) is 140 Å². The lowest BCUT2D eigenvalue weighted by atomic mass is 9.97. The minimum absolute atomic E-state index is 0.234. The first-order chi connectivity index (χ1) is 35.1. The lowest BCUT2D eigenvalue weighted by molar-refractivity contribution is -0.359. The van der Waals surface area contributed by atoms with Crippen LogP contribution in [0.1, 0.15) is 258 Å². The Labute approximate surface area is 437 Å². The highest BCUT2D eigenvalue weighted by atomic mass is 16.7. The van der Waals surface area contributed by atoms with Crippen LogP contribution in [0.25, 0.3) is 0 Å². The van der Waals surface area contributed by atoms with Crippen molar-refractivity contribution >= 4 is 5.91 Å². The average molecular weight is 1030 g/mol. The zero-order valence-corrected chi connectivity index (χ0v) is 45.7. The molecule has 2 rings (SSSR count). The molecule has 2 aliphatic rings. The number of nitrogens with one attached hydrogen (secondary N) is 1. The Kier molecular flexibility index (Phi) is 41.6. The molecular weight excluding hydrogens is 919 g/mol. The van der Waals surface area contributed by atoms with E-state index in [9.17, 15) is 45.6 Å². The molecule has 2 saturated heterocycles. The first-order valence-electron chi connectivity index (χ1n) is 29.9. The first kappa shape index (κ1) is 66.8. The minimum atomic E-state index is -1.79. The third kappa shape index (κ3) is 30.5. The molecule has 0 aromatic carbocycles. The SMILES string of the molecule is CCCCCCCCCCCCCCCCCCC/C=C/C(O)C(COC1OC(CO)C(OC2OC(CO)C(O)C(O)C2O)C(O)C1O)NC(=O)CCCCCCCCCCCCCCCCCCCCC. The number of allylic oxidation sites excluding steroid dienone is 1. The largest absolute Gasteiger partial charge is 0.394 e. The van der Waals surface area contributed by atoms with Gasteiger partial charge in [0.15, 0.2) is 12.6 Å². The summed E-state index contributed by atoms with van der Waals surface area (Å²) in [4.78, 5) is 13.2. The van der Waals surface area contributed by atoms with E-state index >= 15 is 0 Å².